The van der Waals surface area contributed by atoms with Crippen molar-refractivity contribution in [3.63, 3.8) is 0 Å². The predicted octanol–water partition coefficient (Wildman–Crippen LogP) is 4.01. The molecule has 4 heteroatoms. The monoisotopic (exact) mass is 376 g/mol. The molecule has 0 bridgehead atoms. The van der Waals surface area contributed by atoms with Gasteiger partial charge < -0.3 is 5.11 Å². The maximum Gasteiger partial charge on any atom is 0.238 e. The third kappa shape index (κ3) is 2.55. The largest absolute Gasteiger partial charge is 0.867 e. The highest BCUT2D eigenvalue weighted by atomic mass is 79.9. The van der Waals surface area contributed by atoms with E-state index in [2.05, 4.69) is 15.9 Å². The van der Waals surface area contributed by atoms with Gasteiger partial charge >= 0.3 is 0 Å². The first kappa shape index (κ1) is 14.8. The van der Waals surface area contributed by atoms with E-state index in [4.69, 9.17) is 5.10 Å². The van der Waals surface area contributed by atoms with E-state index in [1.54, 1.807) is 4.68 Å². The first-order valence-electron chi connectivity index (χ1n) is 7.57. The van der Waals surface area contributed by atoms with Gasteiger partial charge in [0, 0.05) is 32.7 Å². The van der Waals surface area contributed by atoms with E-state index in [9.17, 15) is 5.11 Å². The Balaban J connectivity index is 2.12. The fourth-order valence-corrected chi connectivity index (χ4v) is 3.13. The summed E-state index contributed by atoms with van der Waals surface area (Å²) in [6, 6.07) is 25.0. The lowest BCUT2D eigenvalue weighted by Crippen LogP contribution is -2.38. The van der Waals surface area contributed by atoms with E-state index in [1.165, 1.54) is 0 Å². The number of rotatable bonds is 2. The van der Waals surface area contributed by atoms with E-state index in [0.717, 1.165) is 15.7 Å². The maximum atomic E-state index is 13.2. The molecule has 0 spiro atoms. The molecule has 3 aromatic carbocycles. The quantitative estimate of drug-likeness (QED) is 0.495. The first-order chi connectivity index (χ1) is 11.7. The van der Waals surface area contributed by atoms with Gasteiger partial charge in [0.2, 0.25) is 11.4 Å². The van der Waals surface area contributed by atoms with Crippen LogP contribution in [0.1, 0.15) is 0 Å². The molecule has 0 atom stereocenters. The summed E-state index contributed by atoms with van der Waals surface area (Å²) in [5.41, 5.74) is 2.94. The predicted molar refractivity (Wildman–Crippen MR) is 95.9 cm³/mol. The van der Waals surface area contributed by atoms with Gasteiger partial charge in [-0.05, 0) is 40.8 Å². The molecule has 4 rings (SSSR count). The van der Waals surface area contributed by atoms with E-state index < -0.39 is 0 Å². The highest BCUT2D eigenvalue weighted by molar-refractivity contribution is 9.10. The van der Waals surface area contributed by atoms with Crippen molar-refractivity contribution in [3.05, 3.63) is 83.3 Å². The van der Waals surface area contributed by atoms with Crippen LogP contribution < -0.4 is 9.79 Å². The molecule has 0 radical (unpaired) electrons. The van der Waals surface area contributed by atoms with Crippen LogP contribution in [0.5, 0.6) is 5.75 Å². The molecule has 4 aromatic rings. The van der Waals surface area contributed by atoms with Crippen molar-refractivity contribution in [2.75, 3.05) is 0 Å². The topological polar surface area (TPSA) is 39.8 Å². The molecule has 116 valence electrons. The zero-order valence-electron chi connectivity index (χ0n) is 12.7. The van der Waals surface area contributed by atoms with Crippen LogP contribution >= 0.6 is 15.9 Å². The van der Waals surface area contributed by atoms with Gasteiger partial charge in [0.25, 0.3) is 0 Å². The molecule has 0 saturated carbocycles. The summed E-state index contributed by atoms with van der Waals surface area (Å²) < 4.78 is 2.60. The molecule has 0 unspecified atom stereocenters. The fourth-order valence-electron chi connectivity index (χ4n) is 2.76. The second-order valence-corrected chi connectivity index (χ2v) is 6.37. The van der Waals surface area contributed by atoms with Gasteiger partial charge in [-0.25, -0.2) is 0 Å². The Morgan fingerprint density at radius 2 is 1.50 bits per heavy atom. The number of para-hydroxylation sites is 1. The average Bonchev–Trinajstić information content (AvgIpc) is 2.63. The van der Waals surface area contributed by atoms with Crippen molar-refractivity contribution in [1.29, 1.82) is 0 Å². The van der Waals surface area contributed by atoms with Crippen molar-refractivity contribution >= 4 is 26.8 Å². The lowest BCUT2D eigenvalue weighted by atomic mass is 10.1. The number of aromatic nitrogens is 2. The van der Waals surface area contributed by atoms with Crippen LogP contribution in [0.2, 0.25) is 0 Å². The highest BCUT2D eigenvalue weighted by Gasteiger charge is 2.21. The Morgan fingerprint density at radius 1 is 0.833 bits per heavy atom. The number of nitrogens with zero attached hydrogens (tertiary/aromatic N) is 2. The van der Waals surface area contributed by atoms with Gasteiger partial charge in [-0.15, -0.1) is 0 Å². The number of benzene rings is 3. The van der Waals surface area contributed by atoms with Crippen LogP contribution in [0.15, 0.2) is 83.3 Å². The smallest absolute Gasteiger partial charge is 0.238 e. The molecule has 24 heavy (non-hydrogen) atoms. The molecule has 0 fully saturated rings. The van der Waals surface area contributed by atoms with Crippen molar-refractivity contribution in [1.82, 2.24) is 5.10 Å². The minimum Gasteiger partial charge on any atom is -0.867 e. The number of hydrogen-bond donors (Lipinski definition) is 0. The summed E-state index contributed by atoms with van der Waals surface area (Å²) in [7, 11) is 0. The third-order valence-electron chi connectivity index (χ3n) is 3.89. The zero-order chi connectivity index (χ0) is 16.5. The number of fused-ring (bicyclic) bond motifs is 1. The molecule has 0 N–H and O–H groups in total. The molecule has 3 nitrogen and oxygen atoms in total. The minimum atomic E-state index is -0.0312. The average molecular weight is 377 g/mol. The van der Waals surface area contributed by atoms with E-state index in [-0.39, 0.29) is 5.75 Å². The van der Waals surface area contributed by atoms with Crippen LogP contribution in [0.3, 0.4) is 0 Å². The molecule has 1 heterocycles. The molecule has 0 saturated heterocycles. The van der Waals surface area contributed by atoms with Gasteiger partial charge in [-0.1, -0.05) is 52.3 Å². The van der Waals surface area contributed by atoms with Crippen molar-refractivity contribution < 1.29 is 9.79 Å². The summed E-state index contributed by atoms with van der Waals surface area (Å²) in [6.45, 7) is 0. The summed E-state index contributed by atoms with van der Waals surface area (Å²) in [5.74, 6) is -0.0312. The van der Waals surface area contributed by atoms with Crippen LogP contribution in [0.4, 0.5) is 0 Å². The Labute approximate surface area is 148 Å². The standard InChI is InChI=1S/C20H13BrN2O/c21-15-11-12-18-17(13-15)20(24)19(14-7-3-1-4-8-14)23(22-18)16-9-5-2-6-10-16/h1-13H. The molecular formula is C20H13BrN2O. The Kier molecular flexibility index (Phi) is 3.75. The minimum absolute atomic E-state index is 0.0312. The van der Waals surface area contributed by atoms with Crippen LogP contribution in [0.25, 0.3) is 27.8 Å². The third-order valence-corrected chi connectivity index (χ3v) is 4.38. The molecule has 0 aliphatic rings. The molecule has 0 aliphatic heterocycles. The Bertz CT molecular complexity index is 1020. The van der Waals surface area contributed by atoms with Crippen molar-refractivity contribution in [2.24, 2.45) is 0 Å². The van der Waals surface area contributed by atoms with Gasteiger partial charge in [-0.3, -0.25) is 0 Å². The van der Waals surface area contributed by atoms with E-state index >= 15 is 0 Å². The summed E-state index contributed by atoms with van der Waals surface area (Å²) in [6.07, 6.45) is 0. The lowest BCUT2D eigenvalue weighted by molar-refractivity contribution is -0.648. The second-order valence-electron chi connectivity index (χ2n) is 5.45. The summed E-state index contributed by atoms with van der Waals surface area (Å²) in [4.78, 5) is 0. The van der Waals surface area contributed by atoms with Crippen LogP contribution in [-0.2, 0) is 0 Å². The van der Waals surface area contributed by atoms with Gasteiger partial charge in [-0.2, -0.15) is 0 Å². The fraction of sp³-hybridized carbons (Fsp3) is 0. The number of hydrogen-bond acceptors (Lipinski definition) is 2. The van der Waals surface area contributed by atoms with Gasteiger partial charge in [0.1, 0.15) is 5.52 Å². The highest BCUT2D eigenvalue weighted by Crippen LogP contribution is 2.31. The SMILES string of the molecule is [O-]c1c(-c2ccccc2)[n+](-c2ccccc2)nc2ccc(Br)cc12. The van der Waals surface area contributed by atoms with Crippen molar-refractivity contribution in [3.8, 4) is 22.7 Å². The number of halogens is 1. The van der Waals surface area contributed by atoms with Gasteiger partial charge in [0.05, 0.1) is 0 Å². The summed E-state index contributed by atoms with van der Waals surface area (Å²) in [5, 5.41) is 18.5. The molecule has 0 amide bonds. The molecular weight excluding hydrogens is 364 g/mol. The van der Waals surface area contributed by atoms with E-state index in [1.807, 2.05) is 78.9 Å². The van der Waals surface area contributed by atoms with Crippen LogP contribution in [-0.4, -0.2) is 5.10 Å². The van der Waals surface area contributed by atoms with E-state index in [0.29, 0.717) is 16.6 Å². The maximum absolute atomic E-state index is 13.2. The van der Waals surface area contributed by atoms with Gasteiger partial charge in [0.15, 0.2) is 0 Å². The Morgan fingerprint density at radius 3 is 2.21 bits per heavy atom. The second kappa shape index (κ2) is 6.06. The molecule has 1 aromatic heterocycles. The lowest BCUT2D eigenvalue weighted by Gasteiger charge is -2.14. The first-order valence-corrected chi connectivity index (χ1v) is 8.37. The zero-order valence-corrected chi connectivity index (χ0v) is 14.3. The van der Waals surface area contributed by atoms with Crippen molar-refractivity contribution in [2.45, 2.75) is 0 Å². The molecule has 0 aliphatic carbocycles. The van der Waals surface area contributed by atoms with Crippen LogP contribution in [0, 0.1) is 0 Å². The normalized spacial score (nSPS) is 10.9. The Hall–Kier alpha value is -2.72. The summed E-state index contributed by atoms with van der Waals surface area (Å²) >= 11 is 3.44.